The summed E-state index contributed by atoms with van der Waals surface area (Å²) in [6.07, 6.45) is 15.9. The maximum absolute atomic E-state index is 3.54. The van der Waals surface area contributed by atoms with Crippen LogP contribution in [-0.2, 0) is 0 Å². The summed E-state index contributed by atoms with van der Waals surface area (Å²) in [7, 11) is 0. The minimum atomic E-state index is 0.666. The summed E-state index contributed by atoms with van der Waals surface area (Å²) >= 11 is 0. The molecule has 0 heteroatoms. The monoisotopic (exact) mass is 402 g/mol. The van der Waals surface area contributed by atoms with Crippen molar-refractivity contribution in [1.82, 2.24) is 0 Å². The van der Waals surface area contributed by atoms with E-state index in [0.717, 1.165) is 24.8 Å². The molecule has 0 heterocycles. The number of hydrogen-bond acceptors (Lipinski definition) is 0. The first-order valence-electron chi connectivity index (χ1n) is 12.5. The van der Waals surface area contributed by atoms with Crippen molar-refractivity contribution in [3.05, 3.63) is 47.0 Å². The van der Waals surface area contributed by atoms with Gasteiger partial charge in [-0.1, -0.05) is 81.2 Å². The normalized spacial score (nSPS) is 18.4. The van der Waals surface area contributed by atoms with Gasteiger partial charge in [0.05, 0.1) is 0 Å². The molecule has 2 atom stereocenters. The summed E-state index contributed by atoms with van der Waals surface area (Å²) in [5.74, 6) is 15.3. The quantitative estimate of drug-likeness (QED) is 0.208. The molecular weight excluding hydrogens is 360 g/mol. The Morgan fingerprint density at radius 2 is 1.27 bits per heavy atom. The van der Waals surface area contributed by atoms with E-state index in [1.807, 2.05) is 0 Å². The van der Waals surface area contributed by atoms with Crippen molar-refractivity contribution in [1.29, 1.82) is 0 Å². The van der Waals surface area contributed by atoms with Crippen molar-refractivity contribution >= 4 is 0 Å². The van der Waals surface area contributed by atoms with Gasteiger partial charge in [-0.25, -0.2) is 0 Å². The van der Waals surface area contributed by atoms with Gasteiger partial charge in [-0.15, -0.1) is 11.8 Å². The third kappa shape index (κ3) is 8.84. The molecule has 1 aliphatic carbocycles. The van der Waals surface area contributed by atoms with E-state index in [9.17, 15) is 0 Å². The zero-order valence-electron chi connectivity index (χ0n) is 19.7. The SMILES string of the molecule is CCCCC#CC[C@@H]1CC(CCCC)=C(CCCC)C[C@@H]1CC#Cc1ccccc1. The molecule has 0 saturated carbocycles. The van der Waals surface area contributed by atoms with Crippen LogP contribution in [0.5, 0.6) is 0 Å². The third-order valence-corrected chi connectivity index (χ3v) is 6.36. The van der Waals surface area contributed by atoms with Gasteiger partial charge in [-0.2, -0.15) is 0 Å². The van der Waals surface area contributed by atoms with Crippen LogP contribution in [0.4, 0.5) is 0 Å². The lowest BCUT2D eigenvalue weighted by atomic mass is 9.71. The van der Waals surface area contributed by atoms with Crippen LogP contribution in [0.1, 0.15) is 110 Å². The summed E-state index contributed by atoms with van der Waals surface area (Å²) in [6.45, 7) is 6.87. The predicted molar refractivity (Wildman–Crippen MR) is 132 cm³/mol. The molecule has 0 aliphatic heterocycles. The van der Waals surface area contributed by atoms with Crippen LogP contribution in [0, 0.1) is 35.5 Å². The van der Waals surface area contributed by atoms with Crippen molar-refractivity contribution in [3.8, 4) is 23.7 Å². The molecule has 162 valence electrons. The van der Waals surface area contributed by atoms with Crippen LogP contribution >= 0.6 is 0 Å². The molecule has 0 amide bonds. The van der Waals surface area contributed by atoms with Gasteiger partial charge in [0.2, 0.25) is 0 Å². The topological polar surface area (TPSA) is 0 Å². The molecule has 1 aromatic rings. The fourth-order valence-corrected chi connectivity index (χ4v) is 4.43. The van der Waals surface area contributed by atoms with Crippen molar-refractivity contribution < 1.29 is 0 Å². The van der Waals surface area contributed by atoms with Crippen molar-refractivity contribution in [2.75, 3.05) is 0 Å². The van der Waals surface area contributed by atoms with Crippen LogP contribution in [0.15, 0.2) is 41.5 Å². The molecule has 2 rings (SSSR count). The highest BCUT2D eigenvalue weighted by Crippen LogP contribution is 2.41. The van der Waals surface area contributed by atoms with E-state index in [1.54, 1.807) is 11.1 Å². The van der Waals surface area contributed by atoms with Gasteiger partial charge in [0.15, 0.2) is 0 Å². The largest absolute Gasteiger partial charge is 0.103 e. The van der Waals surface area contributed by atoms with E-state index >= 15 is 0 Å². The maximum Gasteiger partial charge on any atom is 0.0245 e. The Bertz CT molecular complexity index is 744. The van der Waals surface area contributed by atoms with Crippen LogP contribution in [0.2, 0.25) is 0 Å². The van der Waals surface area contributed by atoms with E-state index in [0.29, 0.717) is 11.8 Å². The molecule has 0 saturated heterocycles. The molecule has 30 heavy (non-hydrogen) atoms. The van der Waals surface area contributed by atoms with Crippen molar-refractivity contribution in [2.24, 2.45) is 11.8 Å². The molecule has 0 bridgehead atoms. The fraction of sp³-hybridized carbons (Fsp3) is 0.600. The Balaban J connectivity index is 2.14. The highest BCUT2D eigenvalue weighted by atomic mass is 14.3. The summed E-state index contributed by atoms with van der Waals surface area (Å²) < 4.78 is 0. The molecule has 0 aromatic heterocycles. The smallest absolute Gasteiger partial charge is 0.0245 e. The second kappa shape index (κ2) is 15.0. The number of unbranched alkanes of at least 4 members (excludes halogenated alkanes) is 4. The van der Waals surface area contributed by atoms with E-state index in [-0.39, 0.29) is 0 Å². The van der Waals surface area contributed by atoms with Gasteiger partial charge < -0.3 is 0 Å². The molecule has 0 nitrogen and oxygen atoms in total. The molecule has 0 unspecified atom stereocenters. The van der Waals surface area contributed by atoms with Gasteiger partial charge in [0.1, 0.15) is 0 Å². The first-order chi connectivity index (χ1) is 14.8. The Hall–Kier alpha value is -1.92. The lowest BCUT2D eigenvalue weighted by molar-refractivity contribution is 0.308. The Labute approximate surface area is 186 Å². The first-order valence-corrected chi connectivity index (χ1v) is 12.5. The molecule has 0 N–H and O–H groups in total. The highest BCUT2D eigenvalue weighted by molar-refractivity contribution is 5.34. The van der Waals surface area contributed by atoms with E-state index < -0.39 is 0 Å². The molecule has 0 spiro atoms. The van der Waals surface area contributed by atoms with Crippen molar-refractivity contribution in [2.45, 2.75) is 104 Å². The standard InChI is InChI=1S/C30H42/c1-4-7-10-11-15-22-29-24-27(20-8-5-2)28(21-9-6-3)25-30(29)23-16-19-26-17-13-12-14-18-26/h12-14,17-18,29-30H,4-10,20-25H2,1-3H3/t29-,30+/m1/s1. The lowest BCUT2D eigenvalue weighted by Gasteiger charge is -2.34. The predicted octanol–water partition coefficient (Wildman–Crippen LogP) is 8.72. The summed E-state index contributed by atoms with van der Waals surface area (Å²) in [6, 6.07) is 10.4. The average molecular weight is 403 g/mol. The third-order valence-electron chi connectivity index (χ3n) is 6.36. The molecule has 0 radical (unpaired) electrons. The first kappa shape index (κ1) is 24.4. The van der Waals surface area contributed by atoms with E-state index in [4.69, 9.17) is 0 Å². The van der Waals surface area contributed by atoms with Gasteiger partial charge in [0, 0.05) is 24.8 Å². The Morgan fingerprint density at radius 1 is 0.700 bits per heavy atom. The zero-order chi connectivity index (χ0) is 21.4. The number of hydrogen-bond donors (Lipinski definition) is 0. The maximum atomic E-state index is 3.54. The van der Waals surface area contributed by atoms with Crippen LogP contribution in [-0.4, -0.2) is 0 Å². The number of allylic oxidation sites excluding steroid dienone is 2. The van der Waals surface area contributed by atoms with Crippen LogP contribution < -0.4 is 0 Å². The molecule has 0 fully saturated rings. The molecular formula is C30H42. The van der Waals surface area contributed by atoms with Crippen molar-refractivity contribution in [3.63, 3.8) is 0 Å². The van der Waals surface area contributed by atoms with Gasteiger partial charge in [-0.3, -0.25) is 0 Å². The van der Waals surface area contributed by atoms with Gasteiger partial charge in [-0.05, 0) is 68.9 Å². The number of benzene rings is 1. The molecule has 1 aromatic carbocycles. The Kier molecular flexibility index (Phi) is 12.1. The number of rotatable bonds is 10. The van der Waals surface area contributed by atoms with Gasteiger partial charge >= 0.3 is 0 Å². The van der Waals surface area contributed by atoms with Crippen LogP contribution in [0.3, 0.4) is 0 Å². The Morgan fingerprint density at radius 3 is 1.83 bits per heavy atom. The minimum absolute atomic E-state index is 0.666. The van der Waals surface area contributed by atoms with Crippen LogP contribution in [0.25, 0.3) is 0 Å². The highest BCUT2D eigenvalue weighted by Gasteiger charge is 2.28. The fourth-order valence-electron chi connectivity index (χ4n) is 4.43. The summed E-state index contributed by atoms with van der Waals surface area (Å²) in [5, 5.41) is 0. The summed E-state index contributed by atoms with van der Waals surface area (Å²) in [4.78, 5) is 0. The zero-order valence-corrected chi connectivity index (χ0v) is 19.7. The van der Waals surface area contributed by atoms with Gasteiger partial charge in [0.25, 0.3) is 0 Å². The van der Waals surface area contributed by atoms with E-state index in [2.05, 4.69) is 74.8 Å². The van der Waals surface area contributed by atoms with E-state index in [1.165, 1.54) is 64.2 Å². The second-order valence-corrected chi connectivity index (χ2v) is 8.88. The molecule has 1 aliphatic rings. The summed E-state index contributed by atoms with van der Waals surface area (Å²) in [5.41, 5.74) is 4.68. The average Bonchev–Trinajstić information content (AvgIpc) is 2.78. The second-order valence-electron chi connectivity index (χ2n) is 8.88. The minimum Gasteiger partial charge on any atom is -0.103 e. The lowest BCUT2D eigenvalue weighted by Crippen LogP contribution is -2.22.